The Hall–Kier alpha value is -2.23. The van der Waals surface area contributed by atoms with Crippen LogP contribution in [0.3, 0.4) is 0 Å². The van der Waals surface area contributed by atoms with Crippen molar-refractivity contribution in [2.45, 2.75) is 18.5 Å². The second-order valence-corrected chi connectivity index (χ2v) is 5.92. The average Bonchev–Trinajstić information content (AvgIpc) is 3.15. The molecule has 1 N–H and O–H groups in total. The van der Waals surface area contributed by atoms with Gasteiger partial charge in [0.1, 0.15) is 11.4 Å². The topological polar surface area (TPSA) is 80.1 Å². The van der Waals surface area contributed by atoms with Gasteiger partial charge in [-0.2, -0.15) is 39.5 Å². The maximum absolute atomic E-state index is 12.3. The summed E-state index contributed by atoms with van der Waals surface area (Å²) in [5.74, 6) is -3.84. The summed E-state index contributed by atoms with van der Waals surface area (Å²) in [6.45, 7) is 0. The molecule has 27 heavy (non-hydrogen) atoms. The molecule has 0 unspecified atom stereocenters. The Bertz CT molecular complexity index is 766. The molecule has 0 radical (unpaired) electrons. The third kappa shape index (κ3) is 6.46. The summed E-state index contributed by atoms with van der Waals surface area (Å²) in [7, 11) is 0. The van der Waals surface area contributed by atoms with Gasteiger partial charge in [0.15, 0.2) is 10.0 Å². The Morgan fingerprint density at radius 2 is 1.07 bits per heavy atom. The first kappa shape index (κ1) is 22.8. The molecule has 2 aromatic heterocycles. The van der Waals surface area contributed by atoms with E-state index in [1.54, 1.807) is 0 Å². The summed E-state index contributed by atoms with van der Waals surface area (Å²) in [6, 6.07) is 0. The molecule has 0 aliphatic rings. The number of thiazole rings is 2. The minimum atomic E-state index is -5.08. The minimum Gasteiger partial charge on any atom is -0.475 e. The number of halogens is 9. The van der Waals surface area contributed by atoms with Gasteiger partial charge in [-0.3, -0.25) is 4.79 Å². The molecule has 0 saturated carbocycles. The van der Waals surface area contributed by atoms with Crippen LogP contribution in [0.25, 0.3) is 0 Å². The fourth-order valence-electron chi connectivity index (χ4n) is 1.15. The minimum absolute atomic E-state index is 0.188. The third-order valence-electron chi connectivity index (χ3n) is 2.20. The lowest BCUT2D eigenvalue weighted by Crippen LogP contribution is -2.21. The van der Waals surface area contributed by atoms with Crippen molar-refractivity contribution in [3.05, 3.63) is 32.2 Å². The number of rotatable bonds is 2. The largest absolute Gasteiger partial charge is 0.490 e. The summed E-state index contributed by atoms with van der Waals surface area (Å²) in [5.41, 5.74) is -1.16. The molecule has 150 valence electrons. The van der Waals surface area contributed by atoms with Crippen molar-refractivity contribution in [1.82, 2.24) is 9.97 Å². The molecular weight excluding hydrogens is 443 g/mol. The first-order chi connectivity index (χ1) is 12.0. The van der Waals surface area contributed by atoms with E-state index < -0.39 is 51.7 Å². The first-order valence-corrected chi connectivity index (χ1v) is 7.69. The van der Waals surface area contributed by atoms with Gasteiger partial charge in [0.25, 0.3) is 0 Å². The van der Waals surface area contributed by atoms with E-state index in [1.165, 1.54) is 0 Å². The molecule has 0 aliphatic heterocycles. The zero-order chi connectivity index (χ0) is 21.2. The van der Waals surface area contributed by atoms with E-state index >= 15 is 0 Å². The van der Waals surface area contributed by atoms with Gasteiger partial charge in [0.05, 0.1) is 0 Å². The number of nitrogens with zero attached hydrogens (tertiary/aromatic N) is 2. The van der Waals surface area contributed by atoms with Crippen LogP contribution in [0.15, 0.2) is 10.8 Å². The highest BCUT2D eigenvalue weighted by molar-refractivity contribution is 7.10. The van der Waals surface area contributed by atoms with Crippen LogP contribution in [0.2, 0.25) is 0 Å². The van der Waals surface area contributed by atoms with E-state index in [-0.39, 0.29) is 22.7 Å². The number of hydrogen-bond acceptors (Lipinski definition) is 6. The van der Waals surface area contributed by atoms with Crippen LogP contribution in [-0.2, 0) is 17.1 Å². The Balaban J connectivity index is 0.000000445. The maximum atomic E-state index is 12.3. The quantitative estimate of drug-likeness (QED) is 0.543. The van der Waals surface area contributed by atoms with E-state index in [0.717, 1.165) is 10.8 Å². The summed E-state index contributed by atoms with van der Waals surface area (Å²) in [4.78, 5) is 26.7. The normalized spacial score (nSPS) is 12.3. The monoisotopic (exact) mass is 446 g/mol. The summed E-state index contributed by atoms with van der Waals surface area (Å²) in [6.07, 6.45) is -14.5. The molecule has 0 saturated heterocycles. The first-order valence-electron chi connectivity index (χ1n) is 5.93. The Morgan fingerprint density at radius 1 is 0.778 bits per heavy atom. The number of carbonyl (C=O) groups is 2. The zero-order valence-corrected chi connectivity index (χ0v) is 13.7. The Kier molecular flexibility index (Phi) is 6.58. The Labute approximate surface area is 150 Å². The zero-order valence-electron chi connectivity index (χ0n) is 12.0. The van der Waals surface area contributed by atoms with Crippen LogP contribution < -0.4 is 0 Å². The standard InChI is InChI=1S/C9H2F6N2OS2.C2HF3O2/c10-8(11,12)6-16-3(1-19-6)5(18)4-2-20-7(17-4)9(13,14)15;3-2(4,5)1(6)7/h1-2H;(H,6,7). The SMILES string of the molecule is O=C(O)C(F)(F)F.O=C(c1csc(C(F)(F)F)n1)c1csc(C(F)(F)F)n1. The average molecular weight is 446 g/mol. The van der Waals surface area contributed by atoms with Gasteiger partial charge in [0.2, 0.25) is 5.78 Å². The second-order valence-electron chi connectivity index (χ2n) is 4.20. The van der Waals surface area contributed by atoms with Crippen molar-refractivity contribution in [2.24, 2.45) is 0 Å². The molecule has 0 amide bonds. The molecule has 0 aromatic carbocycles. The van der Waals surface area contributed by atoms with Gasteiger partial charge in [-0.25, -0.2) is 14.8 Å². The van der Waals surface area contributed by atoms with Gasteiger partial charge >= 0.3 is 24.5 Å². The maximum Gasteiger partial charge on any atom is 0.490 e. The van der Waals surface area contributed by atoms with Gasteiger partial charge in [-0.15, -0.1) is 22.7 Å². The molecular formula is C11H3F9N2O3S2. The van der Waals surface area contributed by atoms with Gasteiger partial charge < -0.3 is 5.11 Å². The van der Waals surface area contributed by atoms with E-state index in [0.29, 0.717) is 0 Å². The lowest BCUT2D eigenvalue weighted by molar-refractivity contribution is -0.192. The molecule has 5 nitrogen and oxygen atoms in total. The number of carboxylic acids is 1. The van der Waals surface area contributed by atoms with Crippen molar-refractivity contribution >= 4 is 34.4 Å². The number of carbonyl (C=O) groups excluding carboxylic acids is 1. The lowest BCUT2D eigenvalue weighted by Gasteiger charge is -1.99. The third-order valence-corrected chi connectivity index (χ3v) is 3.98. The number of carboxylic acid groups (broad SMARTS) is 1. The van der Waals surface area contributed by atoms with Gasteiger partial charge in [0, 0.05) is 10.8 Å². The molecule has 0 spiro atoms. The van der Waals surface area contributed by atoms with Crippen LogP contribution in [-0.4, -0.2) is 33.0 Å². The van der Waals surface area contributed by atoms with E-state index in [4.69, 9.17) is 9.90 Å². The van der Waals surface area contributed by atoms with Gasteiger partial charge in [-0.1, -0.05) is 0 Å². The highest BCUT2D eigenvalue weighted by Gasteiger charge is 2.38. The molecule has 0 atom stereocenters. The smallest absolute Gasteiger partial charge is 0.475 e. The predicted octanol–water partition coefficient (Wildman–Crippen LogP) is 4.50. The van der Waals surface area contributed by atoms with Crippen LogP contribution >= 0.6 is 22.7 Å². The second kappa shape index (κ2) is 7.79. The summed E-state index contributed by atoms with van der Waals surface area (Å²) < 4.78 is 106. The molecule has 0 fully saturated rings. The van der Waals surface area contributed by atoms with Crippen molar-refractivity contribution < 1.29 is 54.2 Å². The number of aliphatic carboxylic acids is 1. The molecule has 0 bridgehead atoms. The van der Waals surface area contributed by atoms with Crippen molar-refractivity contribution in [3.8, 4) is 0 Å². The highest BCUT2D eigenvalue weighted by atomic mass is 32.1. The van der Waals surface area contributed by atoms with E-state index in [2.05, 4.69) is 9.97 Å². The fourth-order valence-corrected chi connectivity index (χ4v) is 2.48. The van der Waals surface area contributed by atoms with Crippen LogP contribution in [0, 0.1) is 0 Å². The van der Waals surface area contributed by atoms with E-state index in [9.17, 15) is 44.3 Å². The molecule has 2 aromatic rings. The van der Waals surface area contributed by atoms with Crippen LogP contribution in [0.1, 0.15) is 26.2 Å². The molecule has 2 heterocycles. The number of ketones is 1. The van der Waals surface area contributed by atoms with Crippen LogP contribution in [0.5, 0.6) is 0 Å². The van der Waals surface area contributed by atoms with E-state index in [1.807, 2.05) is 0 Å². The summed E-state index contributed by atoms with van der Waals surface area (Å²) in [5, 5.41) is 6.30. The van der Waals surface area contributed by atoms with Crippen LogP contribution in [0.4, 0.5) is 39.5 Å². The number of alkyl halides is 9. The Morgan fingerprint density at radius 3 is 1.26 bits per heavy atom. The predicted molar refractivity (Wildman–Crippen MR) is 71.4 cm³/mol. The highest BCUT2D eigenvalue weighted by Crippen LogP contribution is 2.34. The van der Waals surface area contributed by atoms with Crippen molar-refractivity contribution in [2.75, 3.05) is 0 Å². The lowest BCUT2D eigenvalue weighted by atomic mass is 10.2. The van der Waals surface area contributed by atoms with Crippen molar-refractivity contribution in [3.63, 3.8) is 0 Å². The molecule has 2 rings (SSSR count). The fraction of sp³-hybridized carbons (Fsp3) is 0.273. The number of hydrogen-bond donors (Lipinski definition) is 1. The summed E-state index contributed by atoms with van der Waals surface area (Å²) >= 11 is 0.377. The van der Waals surface area contributed by atoms with Gasteiger partial charge in [-0.05, 0) is 0 Å². The number of aromatic nitrogens is 2. The van der Waals surface area contributed by atoms with Crippen molar-refractivity contribution in [1.29, 1.82) is 0 Å². The molecule has 0 aliphatic carbocycles. The molecule has 16 heteroatoms.